The summed E-state index contributed by atoms with van der Waals surface area (Å²) in [6, 6.07) is 18.2. The second-order valence-electron chi connectivity index (χ2n) is 12.5. The molecule has 0 bridgehead atoms. The molecule has 0 aliphatic carbocycles. The number of piperidine rings is 1. The lowest BCUT2D eigenvalue weighted by Gasteiger charge is -2.34. The van der Waals surface area contributed by atoms with Gasteiger partial charge in [0.1, 0.15) is 35.6 Å². The molecule has 2 heterocycles. The van der Waals surface area contributed by atoms with Crippen LogP contribution in [0.2, 0.25) is 0 Å². The molecule has 0 saturated carbocycles. The van der Waals surface area contributed by atoms with E-state index in [1.165, 1.54) is 5.56 Å². The van der Waals surface area contributed by atoms with Gasteiger partial charge in [0, 0.05) is 43.5 Å². The zero-order valence-electron chi connectivity index (χ0n) is 26.4. The van der Waals surface area contributed by atoms with Crippen molar-refractivity contribution in [1.82, 2.24) is 4.90 Å². The maximum Gasteiger partial charge on any atom is 0.410 e. The van der Waals surface area contributed by atoms with Gasteiger partial charge in [-0.05, 0) is 86.2 Å². The van der Waals surface area contributed by atoms with Crippen molar-refractivity contribution < 1.29 is 33.6 Å². The fourth-order valence-corrected chi connectivity index (χ4v) is 5.88. The highest BCUT2D eigenvalue weighted by Gasteiger charge is 2.29. The molecule has 0 aromatic heterocycles. The lowest BCUT2D eigenvalue weighted by molar-refractivity contribution is -0.137. The summed E-state index contributed by atoms with van der Waals surface area (Å²) >= 11 is 0. The van der Waals surface area contributed by atoms with Gasteiger partial charge in [-0.25, -0.2) is 4.79 Å². The number of hydrogen-bond donors (Lipinski definition) is 1. The van der Waals surface area contributed by atoms with Crippen LogP contribution in [-0.4, -0.2) is 53.5 Å². The summed E-state index contributed by atoms with van der Waals surface area (Å²) in [5, 5.41) is 9.14. The Labute approximate surface area is 259 Å². The maximum absolute atomic E-state index is 12.6. The van der Waals surface area contributed by atoms with E-state index >= 15 is 0 Å². The van der Waals surface area contributed by atoms with E-state index in [4.69, 9.17) is 24.1 Å². The van der Waals surface area contributed by atoms with E-state index in [1.54, 1.807) is 4.90 Å². The molecule has 2 aliphatic rings. The molecular weight excluding hydrogens is 558 g/mol. The summed E-state index contributed by atoms with van der Waals surface area (Å²) in [6.45, 7) is 12.1. The third-order valence-electron chi connectivity index (χ3n) is 8.63. The molecule has 8 nitrogen and oxygen atoms in total. The number of likely N-dealkylation sites (tertiary alicyclic amines) is 1. The number of aryl methyl sites for hydroxylation is 2. The first kappa shape index (κ1) is 31.2. The molecule has 0 unspecified atom stereocenters. The second-order valence-corrected chi connectivity index (χ2v) is 12.5. The number of fused-ring (bicyclic) bond motifs is 1. The SMILES string of the molecule is CCC(C)(C)OC(=O)N1CCC(Oc2cc(C)c(-c3cccc(COc4ccc5c(c4)OC[C@H]5CC(=O)O)c3)c(C)c2)CC1. The van der Waals surface area contributed by atoms with Crippen molar-refractivity contribution in [3.8, 4) is 28.4 Å². The van der Waals surface area contributed by atoms with Crippen molar-refractivity contribution in [2.45, 2.75) is 84.5 Å². The third kappa shape index (κ3) is 7.47. The Hall–Kier alpha value is -4.20. The summed E-state index contributed by atoms with van der Waals surface area (Å²) in [5.74, 6) is 1.28. The summed E-state index contributed by atoms with van der Waals surface area (Å²) in [4.78, 5) is 25.5. The number of carboxylic acid groups (broad SMARTS) is 1. The fraction of sp³-hybridized carbons (Fsp3) is 0.444. The van der Waals surface area contributed by atoms with Crippen LogP contribution in [0.15, 0.2) is 54.6 Å². The summed E-state index contributed by atoms with van der Waals surface area (Å²) in [5.41, 5.74) is 6.05. The zero-order valence-corrected chi connectivity index (χ0v) is 26.4. The minimum atomic E-state index is -0.827. The van der Waals surface area contributed by atoms with Crippen LogP contribution in [-0.2, 0) is 16.1 Å². The van der Waals surface area contributed by atoms with E-state index in [9.17, 15) is 9.59 Å². The van der Waals surface area contributed by atoms with Crippen LogP contribution >= 0.6 is 0 Å². The van der Waals surface area contributed by atoms with Gasteiger partial charge in [0.15, 0.2) is 0 Å². The van der Waals surface area contributed by atoms with Crippen LogP contribution in [0, 0.1) is 13.8 Å². The first-order valence-electron chi connectivity index (χ1n) is 15.5. The number of rotatable bonds is 10. The van der Waals surface area contributed by atoms with Gasteiger partial charge in [-0.15, -0.1) is 0 Å². The number of ether oxygens (including phenoxy) is 4. The van der Waals surface area contributed by atoms with Crippen LogP contribution in [0.25, 0.3) is 11.1 Å². The van der Waals surface area contributed by atoms with Gasteiger partial charge in [0.25, 0.3) is 0 Å². The Kier molecular flexibility index (Phi) is 9.37. The molecular formula is C36H43NO7. The van der Waals surface area contributed by atoms with E-state index in [0.717, 1.165) is 52.8 Å². The number of nitrogens with zero attached hydrogens (tertiary/aromatic N) is 1. The van der Waals surface area contributed by atoms with Crippen LogP contribution in [0.4, 0.5) is 4.79 Å². The Morgan fingerprint density at radius 3 is 2.41 bits per heavy atom. The second kappa shape index (κ2) is 13.2. The molecule has 1 amide bonds. The van der Waals surface area contributed by atoms with Crippen LogP contribution in [0.1, 0.15) is 74.6 Å². The molecule has 3 aromatic carbocycles. The lowest BCUT2D eigenvalue weighted by Crippen LogP contribution is -2.44. The van der Waals surface area contributed by atoms with Crippen molar-refractivity contribution in [2.75, 3.05) is 19.7 Å². The topological polar surface area (TPSA) is 94.5 Å². The van der Waals surface area contributed by atoms with E-state index in [2.05, 4.69) is 38.1 Å². The van der Waals surface area contributed by atoms with Gasteiger partial charge in [0.2, 0.25) is 0 Å². The van der Waals surface area contributed by atoms with E-state index in [0.29, 0.717) is 37.8 Å². The predicted molar refractivity (Wildman–Crippen MR) is 169 cm³/mol. The lowest BCUT2D eigenvalue weighted by atomic mass is 9.94. The average molecular weight is 602 g/mol. The molecule has 2 aliphatic heterocycles. The highest BCUT2D eigenvalue weighted by atomic mass is 16.6. The van der Waals surface area contributed by atoms with Crippen molar-refractivity contribution in [3.05, 3.63) is 76.9 Å². The summed E-state index contributed by atoms with van der Waals surface area (Å²) in [6.07, 6.45) is 2.17. The summed E-state index contributed by atoms with van der Waals surface area (Å²) < 4.78 is 23.9. The largest absolute Gasteiger partial charge is 0.492 e. The van der Waals surface area contributed by atoms with Gasteiger partial charge in [-0.2, -0.15) is 0 Å². The summed E-state index contributed by atoms with van der Waals surface area (Å²) in [7, 11) is 0. The normalized spacial score (nSPS) is 16.7. The van der Waals surface area contributed by atoms with E-state index < -0.39 is 11.6 Å². The van der Waals surface area contributed by atoms with Crippen molar-refractivity contribution in [3.63, 3.8) is 0 Å². The highest BCUT2D eigenvalue weighted by molar-refractivity contribution is 5.72. The minimum Gasteiger partial charge on any atom is -0.492 e. The molecule has 1 N–H and O–H groups in total. The number of aliphatic carboxylic acids is 1. The number of benzene rings is 3. The minimum absolute atomic E-state index is 0.0519. The Morgan fingerprint density at radius 2 is 1.73 bits per heavy atom. The quantitative estimate of drug-likeness (QED) is 0.255. The molecule has 1 saturated heterocycles. The Bertz CT molecular complexity index is 1480. The van der Waals surface area contributed by atoms with Gasteiger partial charge < -0.3 is 29.0 Å². The third-order valence-corrected chi connectivity index (χ3v) is 8.63. The van der Waals surface area contributed by atoms with Crippen molar-refractivity contribution in [1.29, 1.82) is 0 Å². The number of amides is 1. The van der Waals surface area contributed by atoms with Gasteiger partial charge in [-0.3, -0.25) is 4.79 Å². The molecule has 0 spiro atoms. The number of carboxylic acids is 1. The zero-order chi connectivity index (χ0) is 31.4. The number of carbonyl (C=O) groups excluding carboxylic acids is 1. The average Bonchev–Trinajstić information content (AvgIpc) is 3.37. The molecule has 5 rings (SSSR count). The number of carbonyl (C=O) groups is 2. The highest BCUT2D eigenvalue weighted by Crippen LogP contribution is 2.39. The van der Waals surface area contributed by atoms with Gasteiger partial charge in [0.05, 0.1) is 13.0 Å². The molecule has 1 fully saturated rings. The molecule has 1 atom stereocenters. The molecule has 0 radical (unpaired) electrons. The van der Waals surface area contributed by atoms with Crippen molar-refractivity contribution >= 4 is 12.1 Å². The van der Waals surface area contributed by atoms with Gasteiger partial charge >= 0.3 is 12.1 Å². The van der Waals surface area contributed by atoms with Crippen LogP contribution in [0.3, 0.4) is 0 Å². The van der Waals surface area contributed by atoms with Crippen molar-refractivity contribution in [2.24, 2.45) is 0 Å². The number of hydrogen-bond acceptors (Lipinski definition) is 6. The fourth-order valence-electron chi connectivity index (χ4n) is 5.88. The standard InChI is InChI=1S/C36H43NO7/c1-6-36(4,5)44-35(40)37-14-12-28(13-15-37)43-30-16-23(2)34(24(3)17-30)26-9-7-8-25(18-26)21-41-29-10-11-31-27(19-33(38)39)22-42-32(31)20-29/h7-11,16-18,20,27-28H,6,12-15,19,21-22H2,1-5H3,(H,38,39)/t27-/m1/s1. The monoisotopic (exact) mass is 601 g/mol. The molecule has 44 heavy (non-hydrogen) atoms. The van der Waals surface area contributed by atoms with Crippen LogP contribution in [0.5, 0.6) is 17.2 Å². The first-order chi connectivity index (χ1) is 21.0. The Balaban J connectivity index is 1.19. The predicted octanol–water partition coefficient (Wildman–Crippen LogP) is 7.67. The molecule has 3 aromatic rings. The van der Waals surface area contributed by atoms with E-state index in [1.807, 2.05) is 51.1 Å². The Morgan fingerprint density at radius 1 is 1.00 bits per heavy atom. The molecule has 8 heteroatoms. The van der Waals surface area contributed by atoms with Gasteiger partial charge in [-0.1, -0.05) is 31.2 Å². The smallest absolute Gasteiger partial charge is 0.410 e. The first-order valence-corrected chi connectivity index (χ1v) is 15.5. The van der Waals surface area contributed by atoms with E-state index in [-0.39, 0.29) is 24.5 Å². The molecule has 234 valence electrons. The maximum atomic E-state index is 12.6. The van der Waals surface area contributed by atoms with Crippen LogP contribution < -0.4 is 14.2 Å².